The molecule has 0 radical (unpaired) electrons. The number of rotatable bonds is 8. The van der Waals surface area contributed by atoms with E-state index in [0.717, 1.165) is 16.9 Å². The zero-order valence-electron chi connectivity index (χ0n) is 18.9. The Kier molecular flexibility index (Phi) is 6.49. The molecule has 0 bridgehead atoms. The van der Waals surface area contributed by atoms with Crippen LogP contribution >= 0.6 is 11.8 Å². The van der Waals surface area contributed by atoms with Crippen molar-refractivity contribution in [3.63, 3.8) is 0 Å². The van der Waals surface area contributed by atoms with Gasteiger partial charge in [-0.1, -0.05) is 48.2 Å². The molecule has 1 aliphatic rings. The number of nitrogens with zero attached hydrogens (tertiary/aromatic N) is 3. The summed E-state index contributed by atoms with van der Waals surface area (Å²) in [5.41, 5.74) is 3.17. The minimum Gasteiger partial charge on any atom is -0.454 e. The van der Waals surface area contributed by atoms with E-state index in [1.807, 2.05) is 53.1 Å². The molecule has 8 nitrogen and oxygen atoms in total. The second-order valence-electron chi connectivity index (χ2n) is 7.92. The van der Waals surface area contributed by atoms with E-state index < -0.39 is 0 Å². The normalized spacial score (nSPS) is 11.9. The average Bonchev–Trinajstić information content (AvgIpc) is 3.50. The van der Waals surface area contributed by atoms with E-state index in [2.05, 4.69) is 15.5 Å². The minimum atomic E-state index is -0.176. The summed E-state index contributed by atoms with van der Waals surface area (Å²) in [4.78, 5) is 24.0. The molecule has 5 rings (SSSR count). The van der Waals surface area contributed by atoms with Crippen LogP contribution in [-0.2, 0) is 11.3 Å². The number of thioether (sulfide) groups is 1. The van der Waals surface area contributed by atoms with Crippen LogP contribution in [0.15, 0.2) is 78.0 Å². The van der Waals surface area contributed by atoms with Gasteiger partial charge in [0.15, 0.2) is 28.3 Å². The van der Waals surface area contributed by atoms with Crippen molar-refractivity contribution >= 4 is 29.1 Å². The van der Waals surface area contributed by atoms with Crippen LogP contribution in [0.3, 0.4) is 0 Å². The van der Waals surface area contributed by atoms with Gasteiger partial charge in [0.2, 0.25) is 12.7 Å². The molecule has 0 aliphatic carbocycles. The zero-order valence-corrected chi connectivity index (χ0v) is 19.7. The molecular formula is C26H22N4O4S. The summed E-state index contributed by atoms with van der Waals surface area (Å²) >= 11 is 1.31. The Hall–Kier alpha value is -4.11. The van der Waals surface area contributed by atoms with E-state index in [4.69, 9.17) is 9.47 Å². The number of ether oxygens (including phenoxy) is 2. The van der Waals surface area contributed by atoms with Crippen LogP contribution in [-0.4, -0.2) is 39.0 Å². The van der Waals surface area contributed by atoms with Gasteiger partial charge in [-0.2, -0.15) is 0 Å². The molecule has 0 spiro atoms. The molecule has 1 amide bonds. The first-order chi connectivity index (χ1) is 17.1. The third-order valence-corrected chi connectivity index (χ3v) is 6.40. The molecule has 0 unspecified atom stereocenters. The maximum absolute atomic E-state index is 12.6. The maximum Gasteiger partial charge on any atom is 0.234 e. The lowest BCUT2D eigenvalue weighted by Gasteiger charge is -2.11. The number of amides is 1. The Labute approximate surface area is 206 Å². The van der Waals surface area contributed by atoms with Gasteiger partial charge in [0.05, 0.1) is 12.3 Å². The van der Waals surface area contributed by atoms with Crippen LogP contribution in [0.4, 0.5) is 5.69 Å². The van der Waals surface area contributed by atoms with Gasteiger partial charge in [-0.05, 0) is 48.9 Å². The number of nitrogens with one attached hydrogen (secondary N) is 1. The number of anilines is 1. The molecule has 0 atom stereocenters. The predicted molar refractivity (Wildman–Crippen MR) is 133 cm³/mol. The van der Waals surface area contributed by atoms with E-state index in [1.165, 1.54) is 18.7 Å². The number of aromatic nitrogens is 3. The Morgan fingerprint density at radius 1 is 0.971 bits per heavy atom. The van der Waals surface area contributed by atoms with Gasteiger partial charge >= 0.3 is 0 Å². The highest BCUT2D eigenvalue weighted by molar-refractivity contribution is 7.99. The van der Waals surface area contributed by atoms with Crippen LogP contribution in [0.5, 0.6) is 11.5 Å². The van der Waals surface area contributed by atoms with E-state index in [9.17, 15) is 9.59 Å². The van der Waals surface area contributed by atoms with Crippen LogP contribution in [0.25, 0.3) is 11.4 Å². The van der Waals surface area contributed by atoms with Crippen molar-refractivity contribution in [1.29, 1.82) is 0 Å². The molecule has 9 heteroatoms. The van der Waals surface area contributed by atoms with Gasteiger partial charge < -0.3 is 14.8 Å². The second-order valence-corrected chi connectivity index (χ2v) is 8.86. The number of ketones is 1. The third-order valence-electron chi connectivity index (χ3n) is 5.43. The van der Waals surface area contributed by atoms with E-state index in [1.54, 1.807) is 24.3 Å². The van der Waals surface area contributed by atoms with Gasteiger partial charge in [-0.25, -0.2) is 0 Å². The molecule has 1 aliphatic heterocycles. The van der Waals surface area contributed by atoms with Crippen LogP contribution in [0, 0.1) is 0 Å². The number of carbonyl (C=O) groups is 2. The van der Waals surface area contributed by atoms with Gasteiger partial charge in [-0.3, -0.25) is 14.2 Å². The lowest BCUT2D eigenvalue weighted by Crippen LogP contribution is -2.15. The Balaban J connectivity index is 1.34. The molecule has 4 aromatic rings. The topological polar surface area (TPSA) is 95.3 Å². The van der Waals surface area contributed by atoms with Gasteiger partial charge in [0.1, 0.15) is 0 Å². The standard InChI is InChI=1S/C26H22N4O4S/c1-17(31)19-8-10-21(11-9-19)27-24(32)15-35-26-29-28-25(20-5-3-2-4-6-20)30(26)14-18-7-12-22-23(13-18)34-16-33-22/h2-13H,14-16H2,1H3,(H,27,32). The highest BCUT2D eigenvalue weighted by Gasteiger charge is 2.18. The summed E-state index contributed by atoms with van der Waals surface area (Å²) in [6.07, 6.45) is 0. The number of carbonyl (C=O) groups excluding carboxylic acids is 2. The van der Waals surface area contributed by atoms with Crippen LogP contribution < -0.4 is 14.8 Å². The van der Waals surface area contributed by atoms with Gasteiger partial charge in [-0.15, -0.1) is 10.2 Å². The summed E-state index contributed by atoms with van der Waals surface area (Å²) in [5, 5.41) is 12.3. The minimum absolute atomic E-state index is 0.0190. The SMILES string of the molecule is CC(=O)c1ccc(NC(=O)CSc2nnc(-c3ccccc3)n2Cc2ccc3c(c2)OCO3)cc1. The molecule has 35 heavy (non-hydrogen) atoms. The molecule has 1 N–H and O–H groups in total. The predicted octanol–water partition coefficient (Wildman–Crippen LogP) is 4.66. The zero-order chi connectivity index (χ0) is 24.2. The van der Waals surface area contributed by atoms with E-state index in [-0.39, 0.29) is 24.2 Å². The number of Topliss-reactive ketones (excluding diaryl/α,β-unsaturated/α-hetero) is 1. The van der Waals surface area contributed by atoms with E-state index >= 15 is 0 Å². The van der Waals surface area contributed by atoms with Gasteiger partial charge in [0, 0.05) is 16.8 Å². The average molecular weight is 487 g/mol. The lowest BCUT2D eigenvalue weighted by atomic mass is 10.1. The highest BCUT2D eigenvalue weighted by atomic mass is 32.2. The monoisotopic (exact) mass is 486 g/mol. The van der Waals surface area contributed by atoms with Gasteiger partial charge in [0.25, 0.3) is 0 Å². The van der Waals surface area contributed by atoms with Crippen molar-refractivity contribution in [3.8, 4) is 22.9 Å². The number of benzene rings is 3. The lowest BCUT2D eigenvalue weighted by molar-refractivity contribution is -0.113. The smallest absolute Gasteiger partial charge is 0.234 e. The van der Waals surface area contributed by atoms with Crippen molar-refractivity contribution in [1.82, 2.24) is 14.8 Å². The maximum atomic E-state index is 12.6. The first-order valence-electron chi connectivity index (χ1n) is 11.0. The first-order valence-corrected chi connectivity index (χ1v) is 12.0. The van der Waals surface area contributed by atoms with Crippen molar-refractivity contribution < 1.29 is 19.1 Å². The van der Waals surface area contributed by atoms with Crippen molar-refractivity contribution in [2.45, 2.75) is 18.6 Å². The van der Waals surface area contributed by atoms with E-state index in [0.29, 0.717) is 34.5 Å². The largest absolute Gasteiger partial charge is 0.454 e. The third kappa shape index (κ3) is 5.20. The van der Waals surface area contributed by atoms with Crippen LogP contribution in [0.2, 0.25) is 0 Å². The molecule has 3 aromatic carbocycles. The highest BCUT2D eigenvalue weighted by Crippen LogP contribution is 2.33. The van der Waals surface area contributed by atoms with Crippen molar-refractivity contribution in [3.05, 3.63) is 83.9 Å². The quantitative estimate of drug-likeness (QED) is 0.286. The fourth-order valence-electron chi connectivity index (χ4n) is 3.68. The van der Waals surface area contributed by atoms with Crippen LogP contribution in [0.1, 0.15) is 22.8 Å². The molecule has 0 fully saturated rings. The summed E-state index contributed by atoms with van der Waals surface area (Å²) in [5.74, 6) is 2.11. The summed E-state index contributed by atoms with van der Waals surface area (Å²) in [6, 6.07) is 22.4. The Morgan fingerprint density at radius 3 is 2.51 bits per heavy atom. The molecule has 1 aromatic heterocycles. The second kappa shape index (κ2) is 10.0. The first kappa shape index (κ1) is 22.7. The Bertz CT molecular complexity index is 1370. The molecule has 0 saturated heterocycles. The van der Waals surface area contributed by atoms with Crippen molar-refractivity contribution in [2.24, 2.45) is 0 Å². The number of fused-ring (bicyclic) bond motifs is 1. The summed E-state index contributed by atoms with van der Waals surface area (Å²) in [7, 11) is 0. The number of hydrogen-bond donors (Lipinski definition) is 1. The summed E-state index contributed by atoms with van der Waals surface area (Å²) in [6.45, 7) is 2.23. The molecular weight excluding hydrogens is 464 g/mol. The number of hydrogen-bond acceptors (Lipinski definition) is 7. The Morgan fingerprint density at radius 2 is 1.74 bits per heavy atom. The molecule has 0 saturated carbocycles. The fraction of sp³-hybridized carbons (Fsp3) is 0.154. The fourth-order valence-corrected chi connectivity index (χ4v) is 4.41. The van der Waals surface area contributed by atoms with Crippen molar-refractivity contribution in [2.75, 3.05) is 17.9 Å². The molecule has 176 valence electrons. The molecule has 2 heterocycles. The summed E-state index contributed by atoms with van der Waals surface area (Å²) < 4.78 is 12.9.